The first-order chi connectivity index (χ1) is 6.75. The van der Waals surface area contributed by atoms with Crippen LogP contribution in [0.4, 0.5) is 4.39 Å². The van der Waals surface area contributed by atoms with E-state index in [-0.39, 0.29) is 5.82 Å². The number of aryl methyl sites for hydroxylation is 1. The number of nitrogens with one attached hydrogen (secondary N) is 1. The second-order valence-electron chi connectivity index (χ2n) is 3.70. The molecule has 3 heteroatoms. The van der Waals surface area contributed by atoms with Crippen molar-refractivity contribution >= 4 is 11.8 Å². The van der Waals surface area contributed by atoms with Gasteiger partial charge in [0, 0.05) is 24.1 Å². The second kappa shape index (κ2) is 4.32. The van der Waals surface area contributed by atoms with E-state index in [0.29, 0.717) is 6.04 Å². The van der Waals surface area contributed by atoms with Crippen molar-refractivity contribution in [3.63, 3.8) is 0 Å². The minimum atomic E-state index is -0.118. The molecule has 1 N–H and O–H groups in total. The van der Waals surface area contributed by atoms with Gasteiger partial charge >= 0.3 is 0 Å². The van der Waals surface area contributed by atoms with Crippen molar-refractivity contribution in [2.75, 3.05) is 11.5 Å². The van der Waals surface area contributed by atoms with Gasteiger partial charge in [-0.2, -0.15) is 11.8 Å². The Bertz CT molecular complexity index is 323. The third kappa shape index (κ3) is 2.28. The number of thioether (sulfide) groups is 1. The first-order valence-electron chi connectivity index (χ1n) is 4.82. The van der Waals surface area contributed by atoms with Crippen LogP contribution < -0.4 is 5.32 Å². The highest BCUT2D eigenvalue weighted by Gasteiger charge is 2.16. The maximum absolute atomic E-state index is 13.0. The van der Waals surface area contributed by atoms with E-state index < -0.39 is 0 Å². The Morgan fingerprint density at radius 2 is 2.29 bits per heavy atom. The van der Waals surface area contributed by atoms with E-state index in [4.69, 9.17) is 0 Å². The molecule has 1 saturated heterocycles. The zero-order valence-corrected chi connectivity index (χ0v) is 9.03. The molecule has 1 nitrogen and oxygen atoms in total. The van der Waals surface area contributed by atoms with E-state index >= 15 is 0 Å². The fraction of sp³-hybridized carbons (Fsp3) is 0.455. The molecule has 1 aliphatic heterocycles. The van der Waals surface area contributed by atoms with Crippen LogP contribution in [0.2, 0.25) is 0 Å². The molecule has 0 aliphatic carbocycles. The molecule has 0 unspecified atom stereocenters. The third-order valence-electron chi connectivity index (χ3n) is 2.46. The van der Waals surface area contributed by atoms with Crippen LogP contribution in [0.1, 0.15) is 11.1 Å². The zero-order chi connectivity index (χ0) is 9.97. The molecule has 0 bridgehead atoms. The summed E-state index contributed by atoms with van der Waals surface area (Å²) in [5.74, 6) is 2.30. The van der Waals surface area contributed by atoms with Gasteiger partial charge in [0.25, 0.3) is 0 Å². The molecular formula is C11H14FNS. The van der Waals surface area contributed by atoms with E-state index in [1.807, 2.05) is 23.9 Å². The van der Waals surface area contributed by atoms with Gasteiger partial charge in [0.1, 0.15) is 5.82 Å². The lowest BCUT2D eigenvalue weighted by Crippen LogP contribution is -2.39. The molecule has 76 valence electrons. The molecule has 0 amide bonds. The maximum Gasteiger partial charge on any atom is 0.126 e. The lowest BCUT2D eigenvalue weighted by Gasteiger charge is -2.26. The molecule has 2 rings (SSSR count). The summed E-state index contributed by atoms with van der Waals surface area (Å²) in [6.45, 7) is 2.66. The number of rotatable bonds is 3. The van der Waals surface area contributed by atoms with Crippen LogP contribution in [-0.4, -0.2) is 17.5 Å². The average molecular weight is 211 g/mol. The largest absolute Gasteiger partial charge is 0.308 e. The molecule has 14 heavy (non-hydrogen) atoms. The highest BCUT2D eigenvalue weighted by atomic mass is 32.2. The van der Waals surface area contributed by atoms with Crippen molar-refractivity contribution in [3.05, 3.63) is 35.1 Å². The number of benzene rings is 1. The molecule has 0 radical (unpaired) electrons. The number of hydrogen-bond donors (Lipinski definition) is 1. The SMILES string of the molecule is Cc1cc(CNC2CSC2)ccc1F. The summed E-state index contributed by atoms with van der Waals surface area (Å²) >= 11 is 1.96. The third-order valence-corrected chi connectivity index (χ3v) is 3.73. The molecule has 1 fully saturated rings. The molecule has 0 atom stereocenters. The van der Waals surface area contributed by atoms with Gasteiger partial charge in [-0.3, -0.25) is 0 Å². The van der Waals surface area contributed by atoms with Crippen molar-refractivity contribution in [2.45, 2.75) is 19.5 Å². The Hall–Kier alpha value is -0.540. The van der Waals surface area contributed by atoms with Crippen molar-refractivity contribution in [3.8, 4) is 0 Å². The number of halogens is 1. The monoisotopic (exact) mass is 211 g/mol. The van der Waals surface area contributed by atoms with Crippen LogP contribution in [0.25, 0.3) is 0 Å². The molecule has 0 saturated carbocycles. The van der Waals surface area contributed by atoms with Crippen LogP contribution in [0, 0.1) is 12.7 Å². The minimum absolute atomic E-state index is 0.118. The minimum Gasteiger partial charge on any atom is -0.308 e. The predicted molar refractivity (Wildman–Crippen MR) is 59.1 cm³/mol. The molecule has 1 aliphatic rings. The molecule has 1 aromatic rings. The van der Waals surface area contributed by atoms with Crippen molar-refractivity contribution in [2.24, 2.45) is 0 Å². The summed E-state index contributed by atoms with van der Waals surface area (Å²) in [5, 5.41) is 3.44. The molecular weight excluding hydrogens is 197 g/mol. The van der Waals surface area contributed by atoms with Crippen LogP contribution in [-0.2, 0) is 6.54 Å². The Morgan fingerprint density at radius 1 is 1.50 bits per heavy atom. The summed E-state index contributed by atoms with van der Waals surface area (Å²) < 4.78 is 13.0. The van der Waals surface area contributed by atoms with Gasteiger partial charge < -0.3 is 5.32 Å². The van der Waals surface area contributed by atoms with Crippen LogP contribution in [0.5, 0.6) is 0 Å². The summed E-state index contributed by atoms with van der Waals surface area (Å²) in [7, 11) is 0. The summed E-state index contributed by atoms with van der Waals surface area (Å²) in [4.78, 5) is 0. The summed E-state index contributed by atoms with van der Waals surface area (Å²) in [5.41, 5.74) is 1.90. The summed E-state index contributed by atoms with van der Waals surface area (Å²) in [6.07, 6.45) is 0. The standard InChI is InChI=1S/C11H14FNS/c1-8-4-9(2-3-11(8)12)5-13-10-6-14-7-10/h2-4,10,13H,5-7H2,1H3. The smallest absolute Gasteiger partial charge is 0.126 e. The summed E-state index contributed by atoms with van der Waals surface area (Å²) in [6, 6.07) is 5.96. The number of hydrogen-bond acceptors (Lipinski definition) is 2. The molecule has 1 heterocycles. The average Bonchev–Trinajstić information content (AvgIpc) is 2.08. The van der Waals surface area contributed by atoms with Gasteiger partial charge in [0.2, 0.25) is 0 Å². The van der Waals surface area contributed by atoms with Gasteiger partial charge in [0.05, 0.1) is 0 Å². The lowest BCUT2D eigenvalue weighted by atomic mass is 10.1. The quantitative estimate of drug-likeness (QED) is 0.823. The van der Waals surface area contributed by atoms with Gasteiger partial charge in [-0.05, 0) is 24.1 Å². The topological polar surface area (TPSA) is 12.0 Å². The lowest BCUT2D eigenvalue weighted by molar-refractivity contribution is 0.579. The first-order valence-corrected chi connectivity index (χ1v) is 5.97. The first kappa shape index (κ1) is 9.99. The Kier molecular flexibility index (Phi) is 3.08. The fourth-order valence-electron chi connectivity index (χ4n) is 1.43. The van der Waals surface area contributed by atoms with Crippen LogP contribution in [0.3, 0.4) is 0 Å². The maximum atomic E-state index is 13.0. The van der Waals surface area contributed by atoms with Gasteiger partial charge in [-0.1, -0.05) is 12.1 Å². The van der Waals surface area contributed by atoms with Crippen molar-refractivity contribution < 1.29 is 4.39 Å². The van der Waals surface area contributed by atoms with E-state index in [2.05, 4.69) is 5.32 Å². The van der Waals surface area contributed by atoms with E-state index in [0.717, 1.165) is 12.1 Å². The zero-order valence-electron chi connectivity index (χ0n) is 8.22. The highest BCUT2D eigenvalue weighted by Crippen LogP contribution is 2.18. The Labute approximate surface area is 88.1 Å². The van der Waals surface area contributed by atoms with E-state index in [9.17, 15) is 4.39 Å². The van der Waals surface area contributed by atoms with Gasteiger partial charge in [-0.15, -0.1) is 0 Å². The van der Waals surface area contributed by atoms with Crippen molar-refractivity contribution in [1.29, 1.82) is 0 Å². The van der Waals surface area contributed by atoms with Crippen LogP contribution in [0.15, 0.2) is 18.2 Å². The highest BCUT2D eigenvalue weighted by molar-refractivity contribution is 8.00. The van der Waals surface area contributed by atoms with Crippen LogP contribution >= 0.6 is 11.8 Å². The Morgan fingerprint density at radius 3 is 2.86 bits per heavy atom. The molecule has 0 aromatic heterocycles. The second-order valence-corrected chi connectivity index (χ2v) is 4.77. The van der Waals surface area contributed by atoms with E-state index in [1.54, 1.807) is 13.0 Å². The normalized spacial score (nSPS) is 16.7. The van der Waals surface area contributed by atoms with Crippen molar-refractivity contribution in [1.82, 2.24) is 5.32 Å². The fourth-order valence-corrected chi connectivity index (χ4v) is 2.14. The van der Waals surface area contributed by atoms with E-state index in [1.165, 1.54) is 17.1 Å². The Balaban J connectivity index is 1.91. The van der Waals surface area contributed by atoms with Gasteiger partial charge in [0.15, 0.2) is 0 Å². The predicted octanol–water partition coefficient (Wildman–Crippen LogP) is 2.34. The van der Waals surface area contributed by atoms with Gasteiger partial charge in [-0.25, -0.2) is 4.39 Å². The molecule has 1 aromatic carbocycles. The molecule has 0 spiro atoms.